The van der Waals surface area contributed by atoms with Gasteiger partial charge in [-0.1, -0.05) is 23.9 Å². The zero-order chi connectivity index (χ0) is 9.97. The molecule has 0 atom stereocenters. The molecule has 0 radical (unpaired) electrons. The molecule has 0 unspecified atom stereocenters. The molecule has 0 fully saturated rings. The summed E-state index contributed by atoms with van der Waals surface area (Å²) in [5.74, 6) is 0.513. The Bertz CT molecular complexity index is 442. The highest BCUT2D eigenvalue weighted by atomic mass is 32.2. The summed E-state index contributed by atoms with van der Waals surface area (Å²) in [6.45, 7) is 1.82. The summed E-state index contributed by atoms with van der Waals surface area (Å²) in [6.07, 6.45) is 0. The molecule has 5 heteroatoms. The normalized spacial score (nSPS) is 10.4. The highest BCUT2D eigenvalue weighted by Crippen LogP contribution is 2.30. The number of hydrogen-bond donors (Lipinski definition) is 0. The van der Waals surface area contributed by atoms with E-state index in [-0.39, 0.29) is 5.82 Å². The molecule has 0 saturated carbocycles. The van der Waals surface area contributed by atoms with Gasteiger partial charge in [0.2, 0.25) is 0 Å². The average molecular weight is 226 g/mol. The van der Waals surface area contributed by atoms with Gasteiger partial charge in [-0.3, -0.25) is 0 Å². The highest BCUT2D eigenvalue weighted by Gasteiger charge is 2.06. The van der Waals surface area contributed by atoms with E-state index in [0.717, 1.165) is 10.2 Å². The van der Waals surface area contributed by atoms with Crippen LogP contribution in [0.2, 0.25) is 0 Å². The first-order chi connectivity index (χ1) is 6.75. The van der Waals surface area contributed by atoms with Crippen LogP contribution in [-0.4, -0.2) is 9.36 Å². The van der Waals surface area contributed by atoms with Gasteiger partial charge in [-0.2, -0.15) is 4.37 Å². The van der Waals surface area contributed by atoms with Gasteiger partial charge in [-0.25, -0.2) is 9.37 Å². The fourth-order valence-electron chi connectivity index (χ4n) is 0.941. The van der Waals surface area contributed by atoms with Crippen LogP contribution < -0.4 is 0 Å². The Morgan fingerprint density at radius 2 is 2.14 bits per heavy atom. The van der Waals surface area contributed by atoms with Gasteiger partial charge in [0.25, 0.3) is 0 Å². The van der Waals surface area contributed by atoms with Crippen LogP contribution in [0, 0.1) is 12.7 Å². The lowest BCUT2D eigenvalue weighted by atomic mass is 10.4. The van der Waals surface area contributed by atoms with E-state index in [9.17, 15) is 4.39 Å². The van der Waals surface area contributed by atoms with E-state index in [1.54, 1.807) is 18.2 Å². The van der Waals surface area contributed by atoms with Crippen LogP contribution in [0.4, 0.5) is 4.39 Å². The van der Waals surface area contributed by atoms with Crippen LogP contribution >= 0.6 is 23.3 Å². The summed E-state index contributed by atoms with van der Waals surface area (Å²) in [5, 5.41) is 0. The average Bonchev–Trinajstić information content (AvgIpc) is 2.56. The zero-order valence-corrected chi connectivity index (χ0v) is 9.03. The topological polar surface area (TPSA) is 25.8 Å². The maximum absolute atomic E-state index is 13.2. The van der Waals surface area contributed by atoms with Gasteiger partial charge >= 0.3 is 0 Å². The van der Waals surface area contributed by atoms with E-state index >= 15 is 0 Å². The van der Waals surface area contributed by atoms with Gasteiger partial charge in [0, 0.05) is 0 Å². The first kappa shape index (κ1) is 9.61. The standard InChI is InChI=1S/C9H7FN2S2/c1-6-11-9(14-12-6)13-8-5-3-2-4-7(8)10/h2-5H,1H3. The van der Waals surface area contributed by atoms with Crippen molar-refractivity contribution in [2.24, 2.45) is 0 Å². The molecule has 14 heavy (non-hydrogen) atoms. The summed E-state index contributed by atoms with van der Waals surface area (Å²) in [6, 6.07) is 6.65. The monoisotopic (exact) mass is 226 g/mol. The second-order valence-electron chi connectivity index (χ2n) is 2.64. The molecule has 0 bridgehead atoms. The molecule has 0 aliphatic rings. The predicted molar refractivity (Wildman–Crippen MR) is 55.2 cm³/mol. The van der Waals surface area contributed by atoms with Crippen molar-refractivity contribution in [3.8, 4) is 0 Å². The molecule has 0 amide bonds. The van der Waals surface area contributed by atoms with E-state index in [2.05, 4.69) is 9.36 Å². The van der Waals surface area contributed by atoms with Crippen molar-refractivity contribution in [1.29, 1.82) is 0 Å². The van der Waals surface area contributed by atoms with Gasteiger partial charge in [0.15, 0.2) is 4.34 Å². The van der Waals surface area contributed by atoms with Crippen molar-refractivity contribution in [3.63, 3.8) is 0 Å². The minimum absolute atomic E-state index is 0.217. The lowest BCUT2D eigenvalue weighted by Gasteiger charge is -1.97. The molecule has 2 rings (SSSR count). The Balaban J connectivity index is 2.23. The first-order valence-corrected chi connectivity index (χ1v) is 5.57. The molecule has 1 aromatic carbocycles. The van der Waals surface area contributed by atoms with E-state index in [1.807, 2.05) is 6.92 Å². The smallest absolute Gasteiger partial charge is 0.174 e. The minimum Gasteiger partial charge on any atom is -0.213 e. The summed E-state index contributed by atoms with van der Waals surface area (Å²) in [4.78, 5) is 4.74. The SMILES string of the molecule is Cc1nsc(Sc2ccccc2F)n1. The number of nitrogens with zero attached hydrogens (tertiary/aromatic N) is 2. The molecule has 0 saturated heterocycles. The number of benzene rings is 1. The number of rotatable bonds is 2. The maximum atomic E-state index is 13.2. The van der Waals surface area contributed by atoms with Crippen molar-refractivity contribution in [3.05, 3.63) is 35.9 Å². The Labute approximate surface area is 89.4 Å². The van der Waals surface area contributed by atoms with Gasteiger partial charge in [0.1, 0.15) is 11.6 Å². The van der Waals surface area contributed by atoms with Gasteiger partial charge in [-0.15, -0.1) is 0 Å². The van der Waals surface area contributed by atoms with Crippen LogP contribution in [0.15, 0.2) is 33.5 Å². The summed E-state index contributed by atoms with van der Waals surface area (Å²) in [7, 11) is 0. The summed E-state index contributed by atoms with van der Waals surface area (Å²) < 4.78 is 18.0. The van der Waals surface area contributed by atoms with Crippen LogP contribution in [-0.2, 0) is 0 Å². The van der Waals surface area contributed by atoms with Gasteiger partial charge in [-0.05, 0) is 30.6 Å². The zero-order valence-electron chi connectivity index (χ0n) is 7.40. The largest absolute Gasteiger partial charge is 0.213 e. The Hall–Kier alpha value is -0.940. The van der Waals surface area contributed by atoms with Crippen molar-refractivity contribution in [2.75, 3.05) is 0 Å². The molecule has 0 spiro atoms. The molecule has 1 aromatic heterocycles. The third kappa shape index (κ3) is 2.10. The predicted octanol–water partition coefficient (Wildman–Crippen LogP) is 3.14. The molecule has 1 heterocycles. The second kappa shape index (κ2) is 4.06. The molecule has 0 aliphatic heterocycles. The lowest BCUT2D eigenvalue weighted by molar-refractivity contribution is 0.602. The van der Waals surface area contributed by atoms with Crippen molar-refractivity contribution in [2.45, 2.75) is 16.2 Å². The van der Waals surface area contributed by atoms with Crippen LogP contribution in [0.1, 0.15) is 5.82 Å². The molecule has 2 aromatic rings. The van der Waals surface area contributed by atoms with Gasteiger partial charge < -0.3 is 0 Å². The molecule has 0 N–H and O–H groups in total. The number of halogens is 1. The van der Waals surface area contributed by atoms with E-state index in [1.165, 1.54) is 29.4 Å². The Morgan fingerprint density at radius 1 is 1.36 bits per heavy atom. The fourth-order valence-corrected chi connectivity index (χ4v) is 2.57. The van der Waals surface area contributed by atoms with Gasteiger partial charge in [0.05, 0.1) is 4.90 Å². The third-order valence-electron chi connectivity index (χ3n) is 1.54. The maximum Gasteiger partial charge on any atom is 0.174 e. The fraction of sp³-hybridized carbons (Fsp3) is 0.111. The molecule has 0 aliphatic carbocycles. The summed E-state index contributed by atoms with van der Waals surface area (Å²) in [5.41, 5.74) is 0. The number of aryl methyl sites for hydroxylation is 1. The molecular weight excluding hydrogens is 219 g/mol. The molecule has 2 nitrogen and oxygen atoms in total. The second-order valence-corrected chi connectivity index (χ2v) is 4.68. The van der Waals surface area contributed by atoms with Crippen LogP contribution in [0.5, 0.6) is 0 Å². The van der Waals surface area contributed by atoms with Crippen molar-refractivity contribution >= 4 is 23.3 Å². The third-order valence-corrected chi connectivity index (χ3v) is 3.44. The summed E-state index contributed by atoms with van der Waals surface area (Å²) >= 11 is 2.59. The molecule has 72 valence electrons. The van der Waals surface area contributed by atoms with Crippen LogP contribution in [0.25, 0.3) is 0 Å². The van der Waals surface area contributed by atoms with Crippen molar-refractivity contribution < 1.29 is 4.39 Å². The Kier molecular flexibility index (Phi) is 2.79. The molecular formula is C9H7FN2S2. The Morgan fingerprint density at radius 3 is 2.79 bits per heavy atom. The minimum atomic E-state index is -0.217. The van der Waals surface area contributed by atoms with E-state index in [4.69, 9.17) is 0 Å². The lowest BCUT2D eigenvalue weighted by Crippen LogP contribution is -1.79. The number of aromatic nitrogens is 2. The van der Waals surface area contributed by atoms with Crippen LogP contribution in [0.3, 0.4) is 0 Å². The van der Waals surface area contributed by atoms with E-state index in [0.29, 0.717) is 4.90 Å². The van der Waals surface area contributed by atoms with E-state index < -0.39 is 0 Å². The van der Waals surface area contributed by atoms with Crippen molar-refractivity contribution in [1.82, 2.24) is 9.36 Å². The highest BCUT2D eigenvalue weighted by molar-refractivity contribution is 8.01. The quantitative estimate of drug-likeness (QED) is 0.786. The first-order valence-electron chi connectivity index (χ1n) is 3.98. The number of hydrogen-bond acceptors (Lipinski definition) is 4.